The predicted octanol–water partition coefficient (Wildman–Crippen LogP) is 1.04. The van der Waals surface area contributed by atoms with Crippen LogP contribution >= 0.6 is 0 Å². The van der Waals surface area contributed by atoms with Gasteiger partial charge >= 0.3 is 6.18 Å². The summed E-state index contributed by atoms with van der Waals surface area (Å²) in [7, 11) is 0. The van der Waals surface area contributed by atoms with Crippen molar-refractivity contribution in [2.24, 2.45) is 5.73 Å². The van der Waals surface area contributed by atoms with E-state index in [4.69, 9.17) is 10.8 Å². The molecule has 0 aromatic carbocycles. The molecule has 68 valence electrons. The van der Waals surface area contributed by atoms with Gasteiger partial charge in [-0.2, -0.15) is 13.2 Å². The second-order valence-electron chi connectivity index (χ2n) is 2.66. The van der Waals surface area contributed by atoms with Crippen LogP contribution in [-0.4, -0.2) is 22.9 Å². The van der Waals surface area contributed by atoms with E-state index in [-0.39, 0.29) is 6.42 Å². The van der Waals surface area contributed by atoms with Gasteiger partial charge in [-0.3, -0.25) is 0 Å². The second-order valence-corrected chi connectivity index (χ2v) is 2.66. The Morgan fingerprint density at radius 3 is 1.91 bits per heavy atom. The smallest absolute Gasteiger partial charge is 0.379 e. The molecule has 0 rings (SSSR count). The van der Waals surface area contributed by atoms with E-state index in [1.165, 1.54) is 6.92 Å². The number of rotatable bonds is 2. The van der Waals surface area contributed by atoms with E-state index in [1.54, 1.807) is 0 Å². The van der Waals surface area contributed by atoms with Crippen molar-refractivity contribution < 1.29 is 18.3 Å². The maximum atomic E-state index is 11.9. The van der Waals surface area contributed by atoms with Crippen molar-refractivity contribution >= 4 is 0 Å². The molecule has 0 aliphatic carbocycles. The average molecular weight is 171 g/mol. The van der Waals surface area contributed by atoms with Gasteiger partial charge in [0.2, 0.25) is 0 Å². The zero-order chi connectivity index (χ0) is 9.28. The van der Waals surface area contributed by atoms with Gasteiger partial charge in [0.05, 0.1) is 0 Å². The van der Waals surface area contributed by atoms with E-state index in [1.807, 2.05) is 0 Å². The molecule has 11 heavy (non-hydrogen) atoms. The highest BCUT2D eigenvalue weighted by Gasteiger charge is 2.53. The molecule has 0 heterocycles. The summed E-state index contributed by atoms with van der Waals surface area (Å²) in [6.07, 6.45) is -4.56. The Hall–Kier alpha value is -0.290. The van der Waals surface area contributed by atoms with Crippen LogP contribution in [-0.2, 0) is 0 Å². The number of nitrogens with two attached hydrogens (primary N) is 1. The normalized spacial score (nSPS) is 21.0. The highest BCUT2D eigenvalue weighted by atomic mass is 19.4. The van der Waals surface area contributed by atoms with Crippen molar-refractivity contribution in [1.29, 1.82) is 0 Å². The molecule has 0 aliphatic rings. The molecule has 3 N–H and O–H groups in total. The third-order valence-corrected chi connectivity index (χ3v) is 1.74. The first-order chi connectivity index (χ1) is 4.73. The quantitative estimate of drug-likeness (QED) is 0.652. The minimum absolute atomic E-state index is 0.0898. The molecule has 0 saturated heterocycles. The topological polar surface area (TPSA) is 46.2 Å². The van der Waals surface area contributed by atoms with E-state index in [2.05, 4.69) is 0 Å². The van der Waals surface area contributed by atoms with Crippen LogP contribution in [0.2, 0.25) is 0 Å². The van der Waals surface area contributed by atoms with Gasteiger partial charge in [0.25, 0.3) is 0 Å². The maximum Gasteiger partial charge on any atom is 0.418 e. The second kappa shape index (κ2) is 2.98. The molecule has 0 aromatic heterocycles. The van der Waals surface area contributed by atoms with Crippen LogP contribution in [0.3, 0.4) is 0 Å². The highest BCUT2D eigenvalue weighted by molar-refractivity contribution is 4.90. The lowest BCUT2D eigenvalue weighted by Gasteiger charge is -2.31. The average Bonchev–Trinajstić information content (AvgIpc) is 1.83. The Balaban J connectivity index is 4.45. The molecule has 0 aromatic rings. The Kier molecular flexibility index (Phi) is 2.91. The molecular formula is C6H12F3NO. The molecule has 0 fully saturated rings. The number of alkyl halides is 3. The van der Waals surface area contributed by atoms with Gasteiger partial charge < -0.3 is 10.8 Å². The summed E-state index contributed by atoms with van der Waals surface area (Å²) in [6, 6.07) is -1.26. The van der Waals surface area contributed by atoms with Crippen LogP contribution in [0.15, 0.2) is 0 Å². The number of hydrogen-bond donors (Lipinski definition) is 2. The fourth-order valence-electron chi connectivity index (χ4n) is 0.608. The van der Waals surface area contributed by atoms with Crippen molar-refractivity contribution in [3.05, 3.63) is 0 Å². The van der Waals surface area contributed by atoms with Gasteiger partial charge in [-0.05, 0) is 13.3 Å². The third kappa shape index (κ3) is 2.07. The lowest BCUT2D eigenvalue weighted by atomic mass is 9.95. The van der Waals surface area contributed by atoms with Gasteiger partial charge in [0.15, 0.2) is 5.60 Å². The Labute approximate surface area is 63.2 Å². The standard InChI is InChI=1S/C6H12F3NO/c1-3-4(10)5(2,11)6(7,8)9/h4,11H,3,10H2,1-2H3. The van der Waals surface area contributed by atoms with E-state index in [9.17, 15) is 13.2 Å². The van der Waals surface area contributed by atoms with E-state index >= 15 is 0 Å². The van der Waals surface area contributed by atoms with Crippen molar-refractivity contribution in [2.45, 2.75) is 38.1 Å². The first kappa shape index (κ1) is 10.7. The van der Waals surface area contributed by atoms with Crippen molar-refractivity contribution in [1.82, 2.24) is 0 Å². The molecule has 2 nitrogen and oxygen atoms in total. The summed E-state index contributed by atoms with van der Waals surface area (Å²) in [4.78, 5) is 0. The third-order valence-electron chi connectivity index (χ3n) is 1.74. The molecule has 0 saturated carbocycles. The summed E-state index contributed by atoms with van der Waals surface area (Å²) in [5, 5.41) is 8.87. The lowest BCUT2D eigenvalue weighted by Crippen LogP contribution is -2.55. The van der Waals surface area contributed by atoms with Crippen LogP contribution in [0.5, 0.6) is 0 Å². The monoisotopic (exact) mass is 171 g/mol. The van der Waals surface area contributed by atoms with Gasteiger partial charge in [-0.15, -0.1) is 0 Å². The molecule has 0 radical (unpaired) electrons. The van der Waals surface area contributed by atoms with Gasteiger partial charge in [-0.1, -0.05) is 6.92 Å². The number of halogens is 3. The molecule has 2 atom stereocenters. The van der Waals surface area contributed by atoms with E-state index < -0.39 is 17.8 Å². The largest absolute Gasteiger partial charge is 0.418 e. The molecule has 0 bridgehead atoms. The fraction of sp³-hybridized carbons (Fsp3) is 1.00. The van der Waals surface area contributed by atoms with Crippen molar-refractivity contribution in [3.63, 3.8) is 0 Å². The Morgan fingerprint density at radius 1 is 1.45 bits per heavy atom. The van der Waals surface area contributed by atoms with E-state index in [0.717, 1.165) is 0 Å². The molecule has 0 aliphatic heterocycles. The zero-order valence-electron chi connectivity index (χ0n) is 6.44. The SMILES string of the molecule is CCC(N)C(C)(O)C(F)(F)F. The van der Waals surface area contributed by atoms with Crippen LogP contribution in [0, 0.1) is 0 Å². The zero-order valence-corrected chi connectivity index (χ0v) is 6.44. The summed E-state index contributed by atoms with van der Waals surface area (Å²) >= 11 is 0. The fourth-order valence-corrected chi connectivity index (χ4v) is 0.608. The van der Waals surface area contributed by atoms with Crippen LogP contribution < -0.4 is 5.73 Å². The van der Waals surface area contributed by atoms with Crippen LogP contribution in [0.4, 0.5) is 13.2 Å². The van der Waals surface area contributed by atoms with Crippen molar-refractivity contribution in [2.75, 3.05) is 0 Å². The molecule has 5 heteroatoms. The number of hydrogen-bond acceptors (Lipinski definition) is 2. The minimum Gasteiger partial charge on any atom is -0.379 e. The van der Waals surface area contributed by atoms with Crippen LogP contribution in [0.1, 0.15) is 20.3 Å². The summed E-state index contributed by atoms with van der Waals surface area (Å²) < 4.78 is 35.8. The first-order valence-electron chi connectivity index (χ1n) is 3.28. The molecule has 0 amide bonds. The molecular weight excluding hydrogens is 159 g/mol. The summed E-state index contributed by atoms with van der Waals surface area (Å²) in [5.74, 6) is 0. The lowest BCUT2D eigenvalue weighted by molar-refractivity contribution is -0.260. The molecule has 2 unspecified atom stereocenters. The van der Waals surface area contributed by atoms with Crippen molar-refractivity contribution in [3.8, 4) is 0 Å². The summed E-state index contributed by atoms with van der Waals surface area (Å²) in [6.45, 7) is 2.17. The minimum atomic E-state index is -4.65. The van der Waals surface area contributed by atoms with Crippen LogP contribution in [0.25, 0.3) is 0 Å². The van der Waals surface area contributed by atoms with Gasteiger partial charge in [-0.25, -0.2) is 0 Å². The van der Waals surface area contributed by atoms with Gasteiger partial charge in [0.1, 0.15) is 0 Å². The highest BCUT2D eigenvalue weighted by Crippen LogP contribution is 2.32. The Morgan fingerprint density at radius 2 is 1.82 bits per heavy atom. The predicted molar refractivity (Wildman–Crippen MR) is 34.9 cm³/mol. The maximum absolute atomic E-state index is 11.9. The Bertz CT molecular complexity index is 132. The summed E-state index contributed by atoms with van der Waals surface area (Å²) in [5.41, 5.74) is 2.29. The molecule has 0 spiro atoms. The first-order valence-corrected chi connectivity index (χ1v) is 3.28. The van der Waals surface area contributed by atoms with Gasteiger partial charge in [0, 0.05) is 6.04 Å². The number of aliphatic hydroxyl groups is 1. The van der Waals surface area contributed by atoms with E-state index in [0.29, 0.717) is 6.92 Å².